The molecule has 4 N–H and O–H groups in total. The minimum absolute atomic E-state index is 0.133. The van der Waals surface area contributed by atoms with E-state index >= 15 is 0 Å². The first kappa shape index (κ1) is 20.6. The molecule has 5 rings (SSSR count). The third-order valence-electron chi connectivity index (χ3n) is 5.35. The van der Waals surface area contributed by atoms with Gasteiger partial charge in [-0.25, -0.2) is 24.9 Å². The van der Waals surface area contributed by atoms with Gasteiger partial charge >= 0.3 is 0 Å². The van der Waals surface area contributed by atoms with Crippen molar-refractivity contribution in [3.05, 3.63) is 66.1 Å². The number of aromatic nitrogens is 6. The van der Waals surface area contributed by atoms with Crippen molar-refractivity contribution in [2.75, 3.05) is 10.6 Å². The van der Waals surface area contributed by atoms with E-state index in [0.29, 0.717) is 29.2 Å². The fourth-order valence-corrected chi connectivity index (χ4v) is 3.46. The molecule has 10 heteroatoms. The Morgan fingerprint density at radius 2 is 1.97 bits per heavy atom. The zero-order valence-corrected chi connectivity index (χ0v) is 18.3. The molecule has 1 aliphatic carbocycles. The van der Waals surface area contributed by atoms with E-state index in [1.165, 1.54) is 12.5 Å². The topological polar surface area (TPSA) is 137 Å². The van der Waals surface area contributed by atoms with E-state index in [-0.39, 0.29) is 5.69 Å². The molecular formula is C23H23N9O. The Hall–Kier alpha value is -4.34. The fourth-order valence-electron chi connectivity index (χ4n) is 3.46. The molecule has 0 bridgehead atoms. The third kappa shape index (κ3) is 4.36. The molecule has 1 fully saturated rings. The molecule has 33 heavy (non-hydrogen) atoms. The molecular weight excluding hydrogens is 418 g/mol. The second kappa shape index (κ2) is 8.30. The Labute approximate surface area is 190 Å². The van der Waals surface area contributed by atoms with Gasteiger partial charge in [-0.15, -0.1) is 0 Å². The number of amides is 1. The van der Waals surface area contributed by atoms with Crippen molar-refractivity contribution in [2.45, 2.75) is 32.7 Å². The van der Waals surface area contributed by atoms with E-state index in [1.54, 1.807) is 6.20 Å². The van der Waals surface area contributed by atoms with Gasteiger partial charge in [0.05, 0.1) is 5.69 Å². The Morgan fingerprint density at radius 1 is 1.12 bits per heavy atom. The summed E-state index contributed by atoms with van der Waals surface area (Å²) in [7, 11) is 0. The molecule has 1 amide bonds. The Kier molecular flexibility index (Phi) is 5.17. The normalized spacial score (nSPS) is 13.0. The molecule has 0 spiro atoms. The highest BCUT2D eigenvalue weighted by Crippen LogP contribution is 2.29. The number of benzene rings is 1. The van der Waals surface area contributed by atoms with Crippen molar-refractivity contribution in [3.8, 4) is 17.1 Å². The van der Waals surface area contributed by atoms with E-state index < -0.39 is 5.91 Å². The van der Waals surface area contributed by atoms with Crippen molar-refractivity contribution in [3.63, 3.8) is 0 Å². The van der Waals surface area contributed by atoms with Crippen LogP contribution in [0.5, 0.6) is 0 Å². The van der Waals surface area contributed by atoms with Crippen LogP contribution in [0.4, 0.5) is 17.5 Å². The van der Waals surface area contributed by atoms with Gasteiger partial charge in [0.1, 0.15) is 23.7 Å². The van der Waals surface area contributed by atoms with E-state index in [9.17, 15) is 4.79 Å². The molecule has 0 unspecified atom stereocenters. The van der Waals surface area contributed by atoms with Crippen molar-refractivity contribution in [1.29, 1.82) is 0 Å². The van der Waals surface area contributed by atoms with Gasteiger partial charge in [0.2, 0.25) is 5.95 Å². The summed E-state index contributed by atoms with van der Waals surface area (Å²) >= 11 is 0. The van der Waals surface area contributed by atoms with Gasteiger partial charge in [-0.3, -0.25) is 9.36 Å². The fraction of sp³-hybridized carbons (Fsp3) is 0.217. The SMILES string of the molecule is Cc1cnc(C(N)=O)c(-c2ccc(C)c(Nc3nccn3-c3cc(NC4CC4)ncn3)c2)n1. The lowest BCUT2D eigenvalue weighted by molar-refractivity contribution is 0.0996. The summed E-state index contributed by atoms with van der Waals surface area (Å²) in [5.74, 6) is 1.46. The highest BCUT2D eigenvalue weighted by Gasteiger charge is 2.21. The van der Waals surface area contributed by atoms with Crippen molar-refractivity contribution >= 4 is 23.4 Å². The lowest BCUT2D eigenvalue weighted by Gasteiger charge is -2.14. The van der Waals surface area contributed by atoms with Crippen LogP contribution in [0, 0.1) is 13.8 Å². The summed E-state index contributed by atoms with van der Waals surface area (Å²) < 4.78 is 1.85. The minimum atomic E-state index is -0.623. The Balaban J connectivity index is 1.48. The van der Waals surface area contributed by atoms with E-state index in [2.05, 4.69) is 35.6 Å². The molecule has 3 heterocycles. The number of hydrogen-bond acceptors (Lipinski definition) is 8. The molecule has 1 aromatic carbocycles. The number of nitrogens with two attached hydrogens (primary N) is 1. The number of primary amides is 1. The molecule has 166 valence electrons. The molecule has 0 atom stereocenters. The van der Waals surface area contributed by atoms with Crippen LogP contribution in [0.1, 0.15) is 34.6 Å². The zero-order valence-electron chi connectivity index (χ0n) is 18.3. The summed E-state index contributed by atoms with van der Waals surface area (Å²) in [6.07, 6.45) is 8.93. The predicted octanol–water partition coefficient (Wildman–Crippen LogP) is 3.15. The third-order valence-corrected chi connectivity index (χ3v) is 5.35. The molecule has 1 saturated carbocycles. The monoisotopic (exact) mass is 441 g/mol. The maximum atomic E-state index is 11.9. The highest BCUT2D eigenvalue weighted by atomic mass is 16.1. The van der Waals surface area contributed by atoms with Crippen molar-refractivity contribution in [2.24, 2.45) is 5.73 Å². The number of aryl methyl sites for hydroxylation is 2. The van der Waals surface area contributed by atoms with Crippen LogP contribution < -0.4 is 16.4 Å². The zero-order chi connectivity index (χ0) is 22.9. The lowest BCUT2D eigenvalue weighted by atomic mass is 10.0. The smallest absolute Gasteiger partial charge is 0.269 e. The van der Waals surface area contributed by atoms with Gasteiger partial charge < -0.3 is 16.4 Å². The van der Waals surface area contributed by atoms with Crippen LogP contribution in [-0.2, 0) is 0 Å². The van der Waals surface area contributed by atoms with Crippen LogP contribution in [0.3, 0.4) is 0 Å². The van der Waals surface area contributed by atoms with Crippen LogP contribution >= 0.6 is 0 Å². The van der Waals surface area contributed by atoms with Gasteiger partial charge in [0.25, 0.3) is 5.91 Å². The summed E-state index contributed by atoms with van der Waals surface area (Å²) in [6.45, 7) is 3.80. The van der Waals surface area contributed by atoms with Crippen LogP contribution in [-0.4, -0.2) is 41.4 Å². The maximum absolute atomic E-state index is 11.9. The molecule has 3 aromatic heterocycles. The van der Waals surface area contributed by atoms with E-state index in [4.69, 9.17) is 5.73 Å². The average molecular weight is 441 g/mol. The molecule has 0 saturated heterocycles. The summed E-state index contributed by atoms with van der Waals surface area (Å²) in [4.78, 5) is 33.7. The number of hydrogen-bond donors (Lipinski definition) is 3. The number of imidazole rings is 1. The second-order valence-electron chi connectivity index (χ2n) is 8.03. The summed E-state index contributed by atoms with van der Waals surface area (Å²) in [5, 5.41) is 6.76. The molecule has 0 radical (unpaired) electrons. The largest absolute Gasteiger partial charge is 0.367 e. The van der Waals surface area contributed by atoms with Gasteiger partial charge in [-0.2, -0.15) is 0 Å². The number of carbonyl (C=O) groups is 1. The number of nitrogens with one attached hydrogen (secondary N) is 2. The predicted molar refractivity (Wildman–Crippen MR) is 125 cm³/mol. The highest BCUT2D eigenvalue weighted by molar-refractivity contribution is 5.97. The number of rotatable bonds is 7. The first-order valence-electron chi connectivity index (χ1n) is 10.6. The molecule has 0 aliphatic heterocycles. The second-order valence-corrected chi connectivity index (χ2v) is 8.03. The summed E-state index contributed by atoms with van der Waals surface area (Å²) in [5.41, 5.74) is 9.32. The Morgan fingerprint density at radius 3 is 2.76 bits per heavy atom. The van der Waals surface area contributed by atoms with Crippen molar-refractivity contribution < 1.29 is 4.79 Å². The number of nitrogens with zero attached hydrogens (tertiary/aromatic N) is 6. The number of anilines is 3. The van der Waals surface area contributed by atoms with Gasteiger partial charge in [0.15, 0.2) is 5.69 Å². The molecule has 1 aliphatic rings. The van der Waals surface area contributed by atoms with Crippen LogP contribution in [0.2, 0.25) is 0 Å². The molecule has 4 aromatic rings. The van der Waals surface area contributed by atoms with Gasteiger partial charge in [-0.05, 0) is 38.3 Å². The van der Waals surface area contributed by atoms with Crippen LogP contribution in [0.25, 0.3) is 17.1 Å². The quantitative estimate of drug-likeness (QED) is 0.398. The van der Waals surface area contributed by atoms with E-state index in [1.807, 2.05) is 48.9 Å². The minimum Gasteiger partial charge on any atom is -0.367 e. The summed E-state index contributed by atoms with van der Waals surface area (Å²) in [6, 6.07) is 8.14. The maximum Gasteiger partial charge on any atom is 0.269 e. The molecule has 10 nitrogen and oxygen atoms in total. The van der Waals surface area contributed by atoms with Gasteiger partial charge in [-0.1, -0.05) is 12.1 Å². The first-order chi connectivity index (χ1) is 16.0. The average Bonchev–Trinajstić information content (AvgIpc) is 3.49. The van der Waals surface area contributed by atoms with Gasteiger partial charge in [0, 0.05) is 41.9 Å². The van der Waals surface area contributed by atoms with Crippen LogP contribution in [0.15, 0.2) is 49.2 Å². The first-order valence-corrected chi connectivity index (χ1v) is 10.6. The van der Waals surface area contributed by atoms with Crippen molar-refractivity contribution in [1.82, 2.24) is 29.5 Å². The standard InChI is InChI=1S/C23H23N9O/c1-13-3-4-15(20-21(22(24)33)26-11-14(2)29-20)9-17(13)31-23-25-7-8-32(23)19-10-18(27-12-28-19)30-16-5-6-16/h3-4,7-12,16H,5-6H2,1-2H3,(H2,24,33)(H,25,31)(H,27,28,30). The van der Waals surface area contributed by atoms with E-state index in [0.717, 1.165) is 35.5 Å². The lowest BCUT2D eigenvalue weighted by Crippen LogP contribution is -2.16. The number of carbonyl (C=O) groups excluding carboxylic acids is 1. The Bertz CT molecular complexity index is 1340.